The van der Waals surface area contributed by atoms with E-state index in [0.29, 0.717) is 9.90 Å². The van der Waals surface area contributed by atoms with Gasteiger partial charge in [-0.15, -0.1) is 22.9 Å². The predicted molar refractivity (Wildman–Crippen MR) is 73.2 cm³/mol. The Kier molecular flexibility index (Phi) is 4.14. The highest BCUT2D eigenvalue weighted by atomic mass is 35.5. The molecule has 0 amide bonds. The highest BCUT2D eigenvalue weighted by Gasteiger charge is 2.30. The molecule has 19 heavy (non-hydrogen) atoms. The summed E-state index contributed by atoms with van der Waals surface area (Å²) < 4.78 is 38.0. The fraction of sp³-hybridized carbons (Fsp3) is 0.231. The van der Waals surface area contributed by atoms with E-state index in [4.69, 9.17) is 23.2 Å². The Morgan fingerprint density at radius 1 is 1.16 bits per heavy atom. The summed E-state index contributed by atoms with van der Waals surface area (Å²) in [6.07, 6.45) is -4.33. The molecule has 0 radical (unpaired) electrons. The molecule has 102 valence electrons. The third-order valence-corrected chi connectivity index (χ3v) is 4.89. The van der Waals surface area contributed by atoms with Crippen molar-refractivity contribution in [3.05, 3.63) is 56.2 Å². The molecule has 0 saturated heterocycles. The van der Waals surface area contributed by atoms with Crippen molar-refractivity contribution >= 4 is 34.5 Å². The molecule has 0 nitrogen and oxygen atoms in total. The van der Waals surface area contributed by atoms with Crippen LogP contribution in [0.3, 0.4) is 0 Å². The first-order valence-electron chi connectivity index (χ1n) is 5.36. The van der Waals surface area contributed by atoms with E-state index < -0.39 is 17.1 Å². The van der Waals surface area contributed by atoms with Gasteiger partial charge in [-0.3, -0.25) is 0 Å². The third-order valence-electron chi connectivity index (χ3n) is 2.66. The average Bonchev–Trinajstić information content (AvgIpc) is 2.68. The number of halogens is 5. The molecule has 1 aromatic carbocycles. The highest BCUT2D eigenvalue weighted by Crippen LogP contribution is 2.38. The second-order valence-corrected chi connectivity index (χ2v) is 6.21. The average molecular weight is 325 g/mol. The summed E-state index contributed by atoms with van der Waals surface area (Å²) in [7, 11) is 0. The summed E-state index contributed by atoms with van der Waals surface area (Å²) in [5, 5.41) is -0.488. The number of alkyl halides is 4. The van der Waals surface area contributed by atoms with Gasteiger partial charge in [0.1, 0.15) is 0 Å². The number of hydrogen-bond acceptors (Lipinski definition) is 1. The Morgan fingerprint density at radius 3 is 2.16 bits per heavy atom. The lowest BCUT2D eigenvalue weighted by Crippen LogP contribution is -2.04. The third kappa shape index (κ3) is 3.25. The van der Waals surface area contributed by atoms with Crippen molar-refractivity contribution in [2.45, 2.75) is 18.5 Å². The molecule has 0 aliphatic rings. The van der Waals surface area contributed by atoms with Crippen molar-refractivity contribution in [1.82, 2.24) is 0 Å². The first-order chi connectivity index (χ1) is 8.79. The van der Waals surface area contributed by atoms with Gasteiger partial charge in [-0.2, -0.15) is 13.2 Å². The minimum Gasteiger partial charge on any atom is -0.166 e. The maximum Gasteiger partial charge on any atom is 0.416 e. The Labute approximate surface area is 122 Å². The van der Waals surface area contributed by atoms with Crippen molar-refractivity contribution in [1.29, 1.82) is 0 Å². The van der Waals surface area contributed by atoms with Gasteiger partial charge in [-0.25, -0.2) is 0 Å². The molecule has 0 fully saturated rings. The van der Waals surface area contributed by atoms with Crippen LogP contribution < -0.4 is 0 Å². The molecule has 1 atom stereocenters. The molecule has 0 N–H and O–H groups in total. The second-order valence-electron chi connectivity index (χ2n) is 4.09. The minimum absolute atomic E-state index is 0.488. The fourth-order valence-electron chi connectivity index (χ4n) is 1.61. The van der Waals surface area contributed by atoms with Gasteiger partial charge < -0.3 is 0 Å². The second kappa shape index (κ2) is 5.35. The van der Waals surface area contributed by atoms with Crippen LogP contribution in [0.15, 0.2) is 30.3 Å². The maximum absolute atomic E-state index is 12.5. The maximum atomic E-state index is 12.5. The van der Waals surface area contributed by atoms with E-state index in [1.54, 1.807) is 0 Å². The van der Waals surface area contributed by atoms with Crippen LogP contribution in [0.2, 0.25) is 4.34 Å². The fourth-order valence-corrected chi connectivity index (χ4v) is 3.18. The van der Waals surface area contributed by atoms with Crippen molar-refractivity contribution in [2.24, 2.45) is 0 Å². The van der Waals surface area contributed by atoms with Crippen LogP contribution in [0.1, 0.15) is 26.9 Å². The van der Waals surface area contributed by atoms with Crippen LogP contribution in [0.5, 0.6) is 0 Å². The molecule has 1 aromatic heterocycles. The number of aryl methyl sites for hydroxylation is 1. The van der Waals surface area contributed by atoms with Gasteiger partial charge >= 0.3 is 6.18 Å². The van der Waals surface area contributed by atoms with Crippen LogP contribution in [-0.4, -0.2) is 0 Å². The van der Waals surface area contributed by atoms with E-state index in [9.17, 15) is 13.2 Å². The van der Waals surface area contributed by atoms with E-state index in [1.807, 2.05) is 13.0 Å². The summed E-state index contributed by atoms with van der Waals surface area (Å²) in [5.74, 6) is 0. The van der Waals surface area contributed by atoms with Crippen molar-refractivity contribution in [3.8, 4) is 0 Å². The summed E-state index contributed by atoms with van der Waals surface area (Å²) in [6, 6.07) is 6.70. The van der Waals surface area contributed by atoms with Crippen LogP contribution >= 0.6 is 34.5 Å². The van der Waals surface area contributed by atoms with Crippen LogP contribution in [0.25, 0.3) is 0 Å². The molecule has 0 spiro atoms. The van der Waals surface area contributed by atoms with Crippen molar-refractivity contribution in [3.63, 3.8) is 0 Å². The van der Waals surface area contributed by atoms with Crippen LogP contribution in [0.4, 0.5) is 13.2 Å². The molecule has 0 aliphatic heterocycles. The number of benzene rings is 1. The molecule has 0 bridgehead atoms. The Morgan fingerprint density at radius 2 is 1.74 bits per heavy atom. The van der Waals surface area contributed by atoms with E-state index >= 15 is 0 Å². The van der Waals surface area contributed by atoms with Crippen LogP contribution in [-0.2, 0) is 6.18 Å². The van der Waals surface area contributed by atoms with Gasteiger partial charge in [-0.05, 0) is 36.2 Å². The van der Waals surface area contributed by atoms with E-state index in [0.717, 1.165) is 22.6 Å². The van der Waals surface area contributed by atoms with Gasteiger partial charge in [0.05, 0.1) is 15.3 Å². The lowest BCUT2D eigenvalue weighted by atomic mass is 10.1. The topological polar surface area (TPSA) is 0 Å². The molecule has 1 heterocycles. The Bertz CT molecular complexity index is 553. The number of thiophene rings is 1. The zero-order valence-electron chi connectivity index (χ0n) is 9.76. The molecule has 2 rings (SSSR count). The molecule has 6 heteroatoms. The zero-order valence-corrected chi connectivity index (χ0v) is 12.1. The minimum atomic E-state index is -4.33. The van der Waals surface area contributed by atoms with Gasteiger partial charge in [0.25, 0.3) is 0 Å². The van der Waals surface area contributed by atoms with Crippen molar-refractivity contribution in [2.75, 3.05) is 0 Å². The van der Waals surface area contributed by atoms with E-state index in [1.165, 1.54) is 23.5 Å². The molecule has 0 saturated carbocycles. The van der Waals surface area contributed by atoms with E-state index in [2.05, 4.69) is 0 Å². The van der Waals surface area contributed by atoms with Gasteiger partial charge in [-0.1, -0.05) is 23.7 Å². The monoisotopic (exact) mass is 324 g/mol. The lowest BCUT2D eigenvalue weighted by Gasteiger charge is -2.10. The first kappa shape index (κ1) is 14.7. The molecule has 0 aliphatic carbocycles. The largest absolute Gasteiger partial charge is 0.416 e. The first-order valence-corrected chi connectivity index (χ1v) is 6.99. The van der Waals surface area contributed by atoms with Gasteiger partial charge in [0.15, 0.2) is 0 Å². The Hall–Kier alpha value is -0.710. The van der Waals surface area contributed by atoms with Gasteiger partial charge in [0.2, 0.25) is 0 Å². The SMILES string of the molecule is Cc1cc(C(Cl)c2ccc(C(F)(F)F)cc2)sc1Cl. The number of hydrogen-bond donors (Lipinski definition) is 0. The number of rotatable bonds is 2. The summed E-state index contributed by atoms with van der Waals surface area (Å²) in [5.41, 5.74) is 0.854. The molecular formula is C13H9Cl2F3S. The summed E-state index contributed by atoms with van der Waals surface area (Å²) in [4.78, 5) is 0.823. The zero-order chi connectivity index (χ0) is 14.2. The normalized spacial score (nSPS) is 13.6. The molecule has 1 unspecified atom stereocenters. The molecule has 2 aromatic rings. The smallest absolute Gasteiger partial charge is 0.166 e. The highest BCUT2D eigenvalue weighted by molar-refractivity contribution is 7.16. The van der Waals surface area contributed by atoms with Gasteiger partial charge in [0, 0.05) is 4.88 Å². The predicted octanol–water partition coefficient (Wildman–Crippen LogP) is 6.06. The van der Waals surface area contributed by atoms with E-state index in [-0.39, 0.29) is 0 Å². The quantitative estimate of drug-likeness (QED) is 0.589. The van der Waals surface area contributed by atoms with Crippen LogP contribution in [0, 0.1) is 6.92 Å². The Balaban J connectivity index is 2.27. The standard InChI is InChI=1S/C13H9Cl2F3S/c1-7-6-10(19-12(7)15)11(14)8-2-4-9(5-3-8)13(16,17)18/h2-6,11H,1H3. The summed E-state index contributed by atoms with van der Waals surface area (Å²) in [6.45, 7) is 1.86. The summed E-state index contributed by atoms with van der Waals surface area (Å²) >= 11 is 13.5. The van der Waals surface area contributed by atoms with Crippen molar-refractivity contribution < 1.29 is 13.2 Å². The molecular weight excluding hydrogens is 316 g/mol. The lowest BCUT2D eigenvalue weighted by molar-refractivity contribution is -0.137.